The van der Waals surface area contributed by atoms with Gasteiger partial charge < -0.3 is 25.4 Å². The summed E-state index contributed by atoms with van der Waals surface area (Å²) < 4.78 is 10.7. The first-order chi connectivity index (χ1) is 14.6. The summed E-state index contributed by atoms with van der Waals surface area (Å²) in [6.07, 6.45) is 1.90. The zero-order valence-electron chi connectivity index (χ0n) is 17.1. The Kier molecular flexibility index (Phi) is 5.44. The predicted molar refractivity (Wildman–Crippen MR) is 117 cm³/mol. The number of methoxy groups -OCH3 is 2. The van der Waals surface area contributed by atoms with Crippen LogP contribution < -0.4 is 25.4 Å². The zero-order chi connectivity index (χ0) is 21.1. The van der Waals surface area contributed by atoms with Crippen LogP contribution in [0.25, 0.3) is 10.9 Å². The number of nitrogens with two attached hydrogens (primary N) is 1. The third-order valence-electron chi connectivity index (χ3n) is 5.42. The van der Waals surface area contributed by atoms with E-state index in [9.17, 15) is 0 Å². The third-order valence-corrected chi connectivity index (χ3v) is 5.42. The van der Waals surface area contributed by atoms with E-state index in [4.69, 9.17) is 20.5 Å². The van der Waals surface area contributed by atoms with Gasteiger partial charge in [-0.05, 0) is 43.2 Å². The molecular weight excluding hydrogens is 380 g/mol. The van der Waals surface area contributed by atoms with Crippen LogP contribution in [0.5, 0.6) is 11.5 Å². The Morgan fingerprint density at radius 2 is 1.73 bits per heavy atom. The number of nitrogens with one attached hydrogen (secondary N) is 1. The topological polar surface area (TPSA) is 109 Å². The highest BCUT2D eigenvalue weighted by molar-refractivity contribution is 5.91. The molecule has 3 N–H and O–H groups in total. The SMILES string of the molecule is COc1cc2nc(NC3CCN(c4ccc(C#N)cc4)CC3)nc(N)c2cc1OC. The molecule has 4 rings (SSSR count). The second kappa shape index (κ2) is 8.33. The monoisotopic (exact) mass is 404 g/mol. The first kappa shape index (κ1) is 19.6. The fourth-order valence-corrected chi connectivity index (χ4v) is 3.76. The predicted octanol–water partition coefficient (Wildman–Crippen LogP) is 3.18. The van der Waals surface area contributed by atoms with E-state index < -0.39 is 0 Å². The van der Waals surface area contributed by atoms with Gasteiger partial charge in [-0.1, -0.05) is 0 Å². The summed E-state index contributed by atoms with van der Waals surface area (Å²) in [5, 5.41) is 13.1. The number of anilines is 3. The van der Waals surface area contributed by atoms with E-state index in [1.807, 2.05) is 30.3 Å². The van der Waals surface area contributed by atoms with Crippen LogP contribution in [0.1, 0.15) is 18.4 Å². The Morgan fingerprint density at radius 3 is 2.37 bits per heavy atom. The van der Waals surface area contributed by atoms with Gasteiger partial charge >= 0.3 is 0 Å². The second-order valence-electron chi connectivity index (χ2n) is 7.22. The van der Waals surface area contributed by atoms with Crippen molar-refractivity contribution < 1.29 is 9.47 Å². The van der Waals surface area contributed by atoms with Crippen molar-refractivity contribution in [2.45, 2.75) is 18.9 Å². The molecule has 8 heteroatoms. The Hall–Kier alpha value is -3.73. The molecule has 0 aliphatic carbocycles. The number of ether oxygens (including phenoxy) is 2. The van der Waals surface area contributed by atoms with Gasteiger partial charge in [-0.25, -0.2) is 4.98 Å². The van der Waals surface area contributed by atoms with E-state index in [0.29, 0.717) is 34.3 Å². The lowest BCUT2D eigenvalue weighted by Crippen LogP contribution is -2.39. The average molecular weight is 404 g/mol. The number of fused-ring (bicyclic) bond motifs is 1. The van der Waals surface area contributed by atoms with Crippen LogP contribution >= 0.6 is 0 Å². The summed E-state index contributed by atoms with van der Waals surface area (Å²) >= 11 is 0. The number of hydrogen-bond donors (Lipinski definition) is 2. The molecule has 3 aromatic rings. The van der Waals surface area contributed by atoms with E-state index in [0.717, 1.165) is 37.0 Å². The molecule has 1 aliphatic heterocycles. The van der Waals surface area contributed by atoms with Crippen LogP contribution in [0.4, 0.5) is 17.5 Å². The molecule has 0 spiro atoms. The first-order valence-electron chi connectivity index (χ1n) is 9.82. The molecular formula is C22H24N6O2. The molecule has 30 heavy (non-hydrogen) atoms. The number of benzene rings is 2. The van der Waals surface area contributed by atoms with Gasteiger partial charge in [-0.3, -0.25) is 0 Å². The zero-order valence-corrected chi connectivity index (χ0v) is 17.1. The molecule has 1 saturated heterocycles. The maximum Gasteiger partial charge on any atom is 0.225 e. The molecule has 0 radical (unpaired) electrons. The fraction of sp³-hybridized carbons (Fsp3) is 0.318. The Balaban J connectivity index is 1.46. The van der Waals surface area contributed by atoms with Gasteiger partial charge in [0.25, 0.3) is 0 Å². The lowest BCUT2D eigenvalue weighted by atomic mass is 10.0. The van der Waals surface area contributed by atoms with Crippen molar-refractivity contribution in [2.75, 3.05) is 43.3 Å². The van der Waals surface area contributed by atoms with Gasteiger partial charge in [0, 0.05) is 36.3 Å². The van der Waals surface area contributed by atoms with Crippen molar-refractivity contribution in [3.8, 4) is 17.6 Å². The molecule has 154 valence electrons. The number of aromatic nitrogens is 2. The average Bonchev–Trinajstić information content (AvgIpc) is 2.79. The number of nitrogens with zero attached hydrogens (tertiary/aromatic N) is 4. The van der Waals surface area contributed by atoms with Gasteiger partial charge in [0.05, 0.1) is 31.4 Å². The number of nitriles is 1. The normalized spacial score (nSPS) is 14.4. The van der Waals surface area contributed by atoms with E-state index in [1.165, 1.54) is 0 Å². The molecule has 1 aliphatic rings. The van der Waals surface area contributed by atoms with Gasteiger partial charge in [0.2, 0.25) is 5.95 Å². The smallest absolute Gasteiger partial charge is 0.225 e. The van der Waals surface area contributed by atoms with Crippen LogP contribution in [0, 0.1) is 11.3 Å². The van der Waals surface area contributed by atoms with Gasteiger partial charge in [0.1, 0.15) is 5.82 Å². The third kappa shape index (κ3) is 3.87. The standard InChI is InChI=1S/C22H24N6O2/c1-29-19-11-17-18(12-20(19)30-2)26-22(27-21(17)24)25-15-7-9-28(10-8-15)16-5-3-14(13-23)4-6-16/h3-6,11-12,15H,7-10H2,1-2H3,(H3,24,25,26,27). The van der Waals surface area contributed by atoms with Gasteiger partial charge in [-0.2, -0.15) is 10.2 Å². The number of nitrogen functional groups attached to an aromatic ring is 1. The quantitative estimate of drug-likeness (QED) is 0.667. The van der Waals surface area contributed by atoms with Crippen molar-refractivity contribution in [3.05, 3.63) is 42.0 Å². The second-order valence-corrected chi connectivity index (χ2v) is 7.22. The van der Waals surface area contributed by atoms with Crippen LogP contribution in [-0.2, 0) is 0 Å². The van der Waals surface area contributed by atoms with Crippen molar-refractivity contribution in [1.82, 2.24) is 9.97 Å². The molecule has 1 fully saturated rings. The van der Waals surface area contributed by atoms with Crippen molar-refractivity contribution in [3.63, 3.8) is 0 Å². The van der Waals surface area contributed by atoms with E-state index in [-0.39, 0.29) is 6.04 Å². The van der Waals surface area contributed by atoms with Crippen LogP contribution in [0.3, 0.4) is 0 Å². The maximum atomic E-state index is 8.95. The van der Waals surface area contributed by atoms with Crippen LogP contribution in [0.2, 0.25) is 0 Å². The minimum Gasteiger partial charge on any atom is -0.493 e. The van der Waals surface area contributed by atoms with E-state index in [1.54, 1.807) is 20.3 Å². The summed E-state index contributed by atoms with van der Waals surface area (Å²) in [7, 11) is 3.18. The number of rotatable bonds is 5. The molecule has 0 saturated carbocycles. The highest BCUT2D eigenvalue weighted by atomic mass is 16.5. The molecule has 2 aromatic carbocycles. The minimum absolute atomic E-state index is 0.261. The van der Waals surface area contributed by atoms with Crippen molar-refractivity contribution in [2.24, 2.45) is 0 Å². The number of piperidine rings is 1. The summed E-state index contributed by atoms with van der Waals surface area (Å²) in [6, 6.07) is 13.7. The molecule has 1 aromatic heterocycles. The summed E-state index contributed by atoms with van der Waals surface area (Å²) in [4.78, 5) is 11.4. The Morgan fingerprint density at radius 1 is 1.07 bits per heavy atom. The van der Waals surface area contributed by atoms with Gasteiger partial charge in [-0.15, -0.1) is 0 Å². The highest BCUT2D eigenvalue weighted by Gasteiger charge is 2.21. The summed E-state index contributed by atoms with van der Waals surface area (Å²) in [5.74, 6) is 2.11. The molecule has 0 amide bonds. The lowest BCUT2D eigenvalue weighted by molar-refractivity contribution is 0.356. The maximum absolute atomic E-state index is 8.95. The van der Waals surface area contributed by atoms with Gasteiger partial charge in [0.15, 0.2) is 11.5 Å². The molecule has 0 bridgehead atoms. The van der Waals surface area contributed by atoms with E-state index in [2.05, 4.69) is 26.3 Å². The summed E-state index contributed by atoms with van der Waals surface area (Å²) in [5.41, 5.74) is 8.70. The Labute approximate surface area is 175 Å². The lowest BCUT2D eigenvalue weighted by Gasteiger charge is -2.34. The minimum atomic E-state index is 0.261. The largest absolute Gasteiger partial charge is 0.493 e. The van der Waals surface area contributed by atoms with E-state index >= 15 is 0 Å². The molecule has 0 unspecified atom stereocenters. The van der Waals surface area contributed by atoms with Crippen LogP contribution in [0.15, 0.2) is 36.4 Å². The molecule has 2 heterocycles. The first-order valence-corrected chi connectivity index (χ1v) is 9.82. The molecule has 0 atom stereocenters. The molecule has 8 nitrogen and oxygen atoms in total. The van der Waals surface area contributed by atoms with Crippen molar-refractivity contribution >= 4 is 28.4 Å². The number of hydrogen-bond acceptors (Lipinski definition) is 8. The highest BCUT2D eigenvalue weighted by Crippen LogP contribution is 2.34. The fourth-order valence-electron chi connectivity index (χ4n) is 3.76. The van der Waals surface area contributed by atoms with Crippen molar-refractivity contribution in [1.29, 1.82) is 5.26 Å². The Bertz CT molecular complexity index is 1090. The summed E-state index contributed by atoms with van der Waals surface area (Å²) in [6.45, 7) is 1.83. The van der Waals surface area contributed by atoms with Crippen LogP contribution in [-0.4, -0.2) is 43.3 Å².